The number of hydrogen-bond donors (Lipinski definition) is 0. The molecule has 1 heterocycles. The molecule has 0 bridgehead atoms. The molecule has 1 aromatic heterocycles. The average molecular weight is 230 g/mol. The minimum Gasteiger partial charge on any atom is -0.300 e. The summed E-state index contributed by atoms with van der Waals surface area (Å²) < 4.78 is 0. The lowest BCUT2D eigenvalue weighted by atomic mass is 10.1. The molecule has 1 aromatic carbocycles. The van der Waals surface area contributed by atoms with Crippen LogP contribution in [-0.2, 0) is 18.3 Å². The molecule has 0 atom stereocenters. The minimum atomic E-state index is 0.202. The van der Waals surface area contributed by atoms with Crippen molar-refractivity contribution in [1.29, 1.82) is 0 Å². The van der Waals surface area contributed by atoms with Crippen LogP contribution in [0, 0.1) is 0 Å². The highest BCUT2D eigenvalue weighted by Crippen LogP contribution is 2.16. The Morgan fingerprint density at radius 3 is 2.88 bits per heavy atom. The highest BCUT2D eigenvalue weighted by Gasteiger charge is 2.05. The SMILES string of the molecule is CC(=O)CCc1cccc(-c2nnn(C)n2)c1. The topological polar surface area (TPSA) is 60.7 Å². The van der Waals surface area contributed by atoms with Crippen LogP contribution in [0.15, 0.2) is 24.3 Å². The van der Waals surface area contributed by atoms with E-state index >= 15 is 0 Å². The van der Waals surface area contributed by atoms with Crippen LogP contribution in [0.3, 0.4) is 0 Å². The van der Waals surface area contributed by atoms with Gasteiger partial charge in [-0.3, -0.25) is 0 Å². The number of tetrazole rings is 1. The lowest BCUT2D eigenvalue weighted by Crippen LogP contribution is -1.94. The standard InChI is InChI=1S/C12H14N4O/c1-9(17)6-7-10-4-3-5-11(8-10)12-13-15-16(2)14-12/h3-5,8H,6-7H2,1-2H3. The van der Waals surface area contributed by atoms with Crippen molar-refractivity contribution in [2.45, 2.75) is 19.8 Å². The van der Waals surface area contributed by atoms with Crippen molar-refractivity contribution in [1.82, 2.24) is 20.2 Å². The number of benzene rings is 1. The van der Waals surface area contributed by atoms with Gasteiger partial charge in [0.2, 0.25) is 5.82 Å². The molecule has 2 aromatic rings. The number of aromatic nitrogens is 4. The summed E-state index contributed by atoms with van der Waals surface area (Å²) in [6.45, 7) is 1.61. The van der Waals surface area contributed by atoms with Crippen molar-refractivity contribution in [3.05, 3.63) is 29.8 Å². The Hall–Kier alpha value is -2.04. The van der Waals surface area contributed by atoms with Crippen molar-refractivity contribution in [3.8, 4) is 11.4 Å². The highest BCUT2D eigenvalue weighted by atomic mass is 16.1. The second kappa shape index (κ2) is 4.86. The number of hydrogen-bond acceptors (Lipinski definition) is 4. The van der Waals surface area contributed by atoms with E-state index in [1.165, 1.54) is 4.80 Å². The first kappa shape index (κ1) is 11.4. The molecule has 2 rings (SSSR count). The maximum absolute atomic E-state index is 10.9. The van der Waals surface area contributed by atoms with Crippen LogP contribution in [0.25, 0.3) is 11.4 Å². The fraction of sp³-hybridized carbons (Fsp3) is 0.333. The first-order valence-electron chi connectivity index (χ1n) is 5.48. The largest absolute Gasteiger partial charge is 0.300 e. The van der Waals surface area contributed by atoms with Gasteiger partial charge < -0.3 is 4.79 Å². The van der Waals surface area contributed by atoms with E-state index in [0.29, 0.717) is 12.2 Å². The van der Waals surface area contributed by atoms with Crippen LogP contribution in [0.4, 0.5) is 0 Å². The van der Waals surface area contributed by atoms with E-state index in [4.69, 9.17) is 0 Å². The molecule has 0 fully saturated rings. The first-order valence-corrected chi connectivity index (χ1v) is 5.48. The molecule has 0 spiro atoms. The summed E-state index contributed by atoms with van der Waals surface area (Å²) >= 11 is 0. The lowest BCUT2D eigenvalue weighted by molar-refractivity contribution is -0.116. The Labute approximate surface area is 99.5 Å². The molecule has 5 heteroatoms. The van der Waals surface area contributed by atoms with Crippen molar-refractivity contribution in [2.24, 2.45) is 7.05 Å². The Kier molecular flexibility index (Phi) is 3.27. The van der Waals surface area contributed by atoms with E-state index < -0.39 is 0 Å². The average Bonchev–Trinajstić information content (AvgIpc) is 2.74. The van der Waals surface area contributed by atoms with Crippen molar-refractivity contribution < 1.29 is 4.79 Å². The molecule has 0 radical (unpaired) electrons. The summed E-state index contributed by atoms with van der Waals surface area (Å²) in [6.07, 6.45) is 1.32. The van der Waals surface area contributed by atoms with Crippen LogP contribution < -0.4 is 0 Å². The third-order valence-electron chi connectivity index (χ3n) is 2.46. The van der Waals surface area contributed by atoms with Crippen LogP contribution in [0.1, 0.15) is 18.9 Å². The molecule has 17 heavy (non-hydrogen) atoms. The smallest absolute Gasteiger partial charge is 0.204 e. The fourth-order valence-electron chi connectivity index (χ4n) is 1.59. The van der Waals surface area contributed by atoms with Gasteiger partial charge in [0.1, 0.15) is 5.78 Å². The normalized spacial score (nSPS) is 10.5. The number of carbonyl (C=O) groups excluding carboxylic acids is 1. The molecule has 0 aliphatic carbocycles. The zero-order valence-corrected chi connectivity index (χ0v) is 9.92. The summed E-state index contributed by atoms with van der Waals surface area (Å²) in [5, 5.41) is 11.9. The van der Waals surface area contributed by atoms with Crippen molar-refractivity contribution >= 4 is 5.78 Å². The summed E-state index contributed by atoms with van der Waals surface area (Å²) in [7, 11) is 1.73. The van der Waals surface area contributed by atoms with Gasteiger partial charge in [0.05, 0.1) is 7.05 Å². The van der Waals surface area contributed by atoms with Gasteiger partial charge >= 0.3 is 0 Å². The number of rotatable bonds is 4. The van der Waals surface area contributed by atoms with E-state index in [9.17, 15) is 4.79 Å². The van der Waals surface area contributed by atoms with Gasteiger partial charge in [-0.15, -0.1) is 10.2 Å². The first-order chi connectivity index (χ1) is 8.15. The van der Waals surface area contributed by atoms with Crippen molar-refractivity contribution in [3.63, 3.8) is 0 Å². The van der Waals surface area contributed by atoms with Crippen LogP contribution in [0.5, 0.6) is 0 Å². The third kappa shape index (κ3) is 2.96. The summed E-state index contributed by atoms with van der Waals surface area (Å²) in [5.74, 6) is 0.810. The van der Waals surface area contributed by atoms with Crippen LogP contribution in [-0.4, -0.2) is 26.0 Å². The summed E-state index contributed by atoms with van der Waals surface area (Å²) in [5.41, 5.74) is 2.05. The van der Waals surface area contributed by atoms with Gasteiger partial charge in [0.15, 0.2) is 0 Å². The Bertz CT molecular complexity index is 533. The van der Waals surface area contributed by atoms with E-state index in [1.54, 1.807) is 14.0 Å². The highest BCUT2D eigenvalue weighted by molar-refractivity contribution is 5.75. The molecule has 0 saturated heterocycles. The monoisotopic (exact) mass is 230 g/mol. The molecule has 0 aliphatic heterocycles. The molecule has 0 unspecified atom stereocenters. The molecular weight excluding hydrogens is 216 g/mol. The molecular formula is C12H14N4O. The van der Waals surface area contributed by atoms with Crippen LogP contribution >= 0.6 is 0 Å². The van der Waals surface area contributed by atoms with Gasteiger partial charge in [-0.05, 0) is 30.2 Å². The van der Waals surface area contributed by atoms with Gasteiger partial charge in [-0.2, -0.15) is 4.80 Å². The predicted molar refractivity (Wildman–Crippen MR) is 63.2 cm³/mol. The molecule has 0 aliphatic rings. The number of nitrogens with zero attached hydrogens (tertiary/aromatic N) is 4. The van der Waals surface area contributed by atoms with Gasteiger partial charge in [0.25, 0.3) is 0 Å². The van der Waals surface area contributed by atoms with E-state index in [0.717, 1.165) is 17.5 Å². The Morgan fingerprint density at radius 2 is 2.24 bits per heavy atom. The Morgan fingerprint density at radius 1 is 1.41 bits per heavy atom. The van der Waals surface area contributed by atoms with Crippen molar-refractivity contribution in [2.75, 3.05) is 0 Å². The second-order valence-corrected chi connectivity index (χ2v) is 4.00. The summed E-state index contributed by atoms with van der Waals surface area (Å²) in [4.78, 5) is 12.4. The van der Waals surface area contributed by atoms with E-state index in [2.05, 4.69) is 15.4 Å². The fourth-order valence-corrected chi connectivity index (χ4v) is 1.59. The number of carbonyl (C=O) groups is 1. The molecule has 0 amide bonds. The van der Waals surface area contributed by atoms with Gasteiger partial charge in [0, 0.05) is 12.0 Å². The molecule has 88 valence electrons. The van der Waals surface area contributed by atoms with Gasteiger partial charge in [-0.25, -0.2) is 0 Å². The number of Topliss-reactive ketones (excluding diaryl/α,β-unsaturated/α-hetero) is 1. The van der Waals surface area contributed by atoms with E-state index in [1.807, 2.05) is 24.3 Å². The maximum Gasteiger partial charge on any atom is 0.204 e. The van der Waals surface area contributed by atoms with E-state index in [-0.39, 0.29) is 5.78 Å². The molecule has 0 N–H and O–H groups in total. The van der Waals surface area contributed by atoms with Crippen LogP contribution in [0.2, 0.25) is 0 Å². The zero-order chi connectivity index (χ0) is 12.3. The molecule has 0 saturated carbocycles. The zero-order valence-electron chi connectivity index (χ0n) is 9.92. The summed E-state index contributed by atoms with van der Waals surface area (Å²) in [6, 6.07) is 7.89. The van der Waals surface area contributed by atoms with Gasteiger partial charge in [-0.1, -0.05) is 18.2 Å². The Balaban J connectivity index is 2.19. The number of ketones is 1. The quantitative estimate of drug-likeness (QED) is 0.796. The molecule has 5 nitrogen and oxygen atoms in total. The minimum absolute atomic E-state index is 0.202. The second-order valence-electron chi connectivity index (χ2n) is 4.00. The third-order valence-corrected chi connectivity index (χ3v) is 2.46. The maximum atomic E-state index is 10.9. The lowest BCUT2D eigenvalue weighted by Gasteiger charge is -2.01. The predicted octanol–water partition coefficient (Wildman–Crippen LogP) is 1.40. The number of aryl methyl sites for hydroxylation is 2.